The molecule has 0 aromatic carbocycles. The van der Waals surface area contributed by atoms with Crippen LogP contribution in [0.25, 0.3) is 0 Å². The van der Waals surface area contributed by atoms with Crippen LogP contribution >= 0.6 is 12.4 Å². The minimum Gasteiger partial charge on any atom is -0.320 e. The van der Waals surface area contributed by atoms with Gasteiger partial charge in [0.25, 0.3) is 5.56 Å². The van der Waals surface area contributed by atoms with Crippen LogP contribution in [0, 0.1) is 0 Å². The molecule has 3 N–H and O–H groups in total. The summed E-state index contributed by atoms with van der Waals surface area (Å²) in [6.07, 6.45) is 1.62. The first-order valence-corrected chi connectivity index (χ1v) is 4.58. The third-order valence-corrected chi connectivity index (χ3v) is 1.96. The average Bonchev–Trinajstić information content (AvgIpc) is 2.11. The van der Waals surface area contributed by atoms with Crippen LogP contribution in [-0.4, -0.2) is 16.0 Å². The van der Waals surface area contributed by atoms with Crippen LogP contribution in [0.1, 0.15) is 13.8 Å². The number of hydrogen-bond donors (Lipinski definition) is 2. The van der Waals surface area contributed by atoms with Gasteiger partial charge in [-0.05, 0) is 26.0 Å². The van der Waals surface area contributed by atoms with Gasteiger partial charge in [0, 0.05) is 13.2 Å². The van der Waals surface area contributed by atoms with Gasteiger partial charge in [-0.2, -0.15) is 0 Å². The molecule has 5 nitrogen and oxygen atoms in total. The second-order valence-electron chi connectivity index (χ2n) is 4.01. The van der Waals surface area contributed by atoms with E-state index in [2.05, 4.69) is 5.32 Å². The molecule has 1 aromatic heterocycles. The van der Waals surface area contributed by atoms with Crippen molar-refractivity contribution in [2.24, 2.45) is 12.8 Å². The van der Waals surface area contributed by atoms with Crippen molar-refractivity contribution in [3.05, 3.63) is 28.7 Å². The van der Waals surface area contributed by atoms with E-state index in [9.17, 15) is 9.59 Å². The zero-order chi connectivity index (χ0) is 11.6. The Bertz CT molecular complexity index is 434. The van der Waals surface area contributed by atoms with Crippen LogP contribution in [0.2, 0.25) is 0 Å². The number of carbonyl (C=O) groups excluding carboxylic acids is 1. The van der Waals surface area contributed by atoms with Crippen molar-refractivity contribution in [1.29, 1.82) is 0 Å². The van der Waals surface area contributed by atoms with Gasteiger partial charge in [-0.3, -0.25) is 9.59 Å². The van der Waals surface area contributed by atoms with Crippen LogP contribution in [0.5, 0.6) is 0 Å². The molecule has 1 heterocycles. The molecular formula is C10H16ClN3O2. The molecule has 0 aliphatic rings. The molecule has 0 saturated heterocycles. The smallest absolute Gasteiger partial charge is 0.274 e. The molecule has 16 heavy (non-hydrogen) atoms. The lowest BCUT2D eigenvalue weighted by Gasteiger charge is -2.17. The lowest BCUT2D eigenvalue weighted by atomic mass is 10.1. The van der Waals surface area contributed by atoms with Crippen molar-refractivity contribution < 1.29 is 4.79 Å². The molecule has 6 heteroatoms. The van der Waals surface area contributed by atoms with Gasteiger partial charge in [0.1, 0.15) is 5.69 Å². The second-order valence-corrected chi connectivity index (χ2v) is 4.01. The lowest BCUT2D eigenvalue weighted by molar-refractivity contribution is -0.120. The fraction of sp³-hybridized carbons (Fsp3) is 0.400. The fourth-order valence-electron chi connectivity index (χ4n) is 0.976. The van der Waals surface area contributed by atoms with Gasteiger partial charge in [-0.25, -0.2) is 0 Å². The summed E-state index contributed by atoms with van der Waals surface area (Å²) in [5.74, 6) is -0.384. The number of amides is 1. The number of hydrogen-bond acceptors (Lipinski definition) is 3. The molecule has 0 aliphatic carbocycles. The normalized spacial score (nSPS) is 10.5. The zero-order valence-electron chi connectivity index (χ0n) is 9.48. The average molecular weight is 246 g/mol. The Balaban J connectivity index is 0.00000225. The van der Waals surface area contributed by atoms with Crippen molar-refractivity contribution in [2.75, 3.05) is 5.32 Å². The van der Waals surface area contributed by atoms with E-state index < -0.39 is 5.54 Å². The van der Waals surface area contributed by atoms with Crippen LogP contribution < -0.4 is 16.6 Å². The van der Waals surface area contributed by atoms with E-state index in [1.165, 1.54) is 4.57 Å². The Morgan fingerprint density at radius 1 is 1.50 bits per heavy atom. The van der Waals surface area contributed by atoms with E-state index in [-0.39, 0.29) is 29.6 Å². The molecule has 0 saturated carbocycles. The number of aromatic nitrogens is 1. The summed E-state index contributed by atoms with van der Waals surface area (Å²) in [5, 5.41) is 2.49. The predicted molar refractivity (Wildman–Crippen MR) is 65.8 cm³/mol. The van der Waals surface area contributed by atoms with E-state index in [4.69, 9.17) is 5.73 Å². The standard InChI is InChI=1S/C10H15N3O2.ClH/c1-10(2,11)9(15)12-7-5-4-6-13(3)8(7)14;/h4-6H,11H2,1-3H3,(H,12,15);1H. The number of rotatable bonds is 2. The van der Waals surface area contributed by atoms with Crippen molar-refractivity contribution in [3.63, 3.8) is 0 Å². The molecule has 0 unspecified atom stereocenters. The van der Waals surface area contributed by atoms with Crippen molar-refractivity contribution >= 4 is 24.0 Å². The van der Waals surface area contributed by atoms with Gasteiger partial charge in [0.05, 0.1) is 5.54 Å². The maximum Gasteiger partial charge on any atom is 0.274 e. The highest BCUT2D eigenvalue weighted by molar-refractivity contribution is 5.97. The molecule has 0 aliphatic heterocycles. The summed E-state index contributed by atoms with van der Waals surface area (Å²) in [5.41, 5.74) is 4.58. The quantitative estimate of drug-likeness (QED) is 0.796. The maximum absolute atomic E-state index is 11.5. The fourth-order valence-corrected chi connectivity index (χ4v) is 0.976. The second kappa shape index (κ2) is 5.14. The number of anilines is 1. The lowest BCUT2D eigenvalue weighted by Crippen LogP contribution is -2.46. The van der Waals surface area contributed by atoms with Gasteiger partial charge >= 0.3 is 0 Å². The number of carbonyl (C=O) groups is 1. The summed E-state index contributed by atoms with van der Waals surface area (Å²) in [6.45, 7) is 3.16. The monoisotopic (exact) mass is 245 g/mol. The molecule has 1 aromatic rings. The topological polar surface area (TPSA) is 77.1 Å². The predicted octanol–water partition coefficient (Wildman–Crippen LogP) is 0.483. The third-order valence-electron chi connectivity index (χ3n) is 1.96. The summed E-state index contributed by atoms with van der Waals surface area (Å²) >= 11 is 0. The van der Waals surface area contributed by atoms with Crippen LogP contribution in [0.15, 0.2) is 23.1 Å². The molecule has 0 spiro atoms. The van der Waals surface area contributed by atoms with E-state index in [1.54, 1.807) is 39.2 Å². The molecule has 0 fully saturated rings. The molecule has 90 valence electrons. The number of aryl methyl sites for hydroxylation is 1. The molecule has 0 atom stereocenters. The highest BCUT2D eigenvalue weighted by atomic mass is 35.5. The highest BCUT2D eigenvalue weighted by Gasteiger charge is 2.22. The van der Waals surface area contributed by atoms with Crippen molar-refractivity contribution in [3.8, 4) is 0 Å². The summed E-state index contributed by atoms with van der Waals surface area (Å²) in [6, 6.07) is 3.23. The zero-order valence-corrected chi connectivity index (χ0v) is 10.3. The Morgan fingerprint density at radius 2 is 2.06 bits per heavy atom. The number of nitrogens with one attached hydrogen (secondary N) is 1. The van der Waals surface area contributed by atoms with Gasteiger partial charge in [0.15, 0.2) is 0 Å². The molecule has 0 radical (unpaired) electrons. The minimum atomic E-state index is -0.999. The summed E-state index contributed by atoms with van der Waals surface area (Å²) < 4.78 is 1.39. The number of halogens is 1. The Hall–Kier alpha value is -1.33. The first-order chi connectivity index (χ1) is 6.82. The highest BCUT2D eigenvalue weighted by Crippen LogP contribution is 2.03. The largest absolute Gasteiger partial charge is 0.320 e. The SMILES string of the molecule is Cl.Cn1cccc(NC(=O)C(C)(C)N)c1=O. The van der Waals surface area contributed by atoms with Gasteiger partial charge in [-0.1, -0.05) is 0 Å². The Morgan fingerprint density at radius 3 is 2.56 bits per heavy atom. The van der Waals surface area contributed by atoms with Gasteiger partial charge < -0.3 is 15.6 Å². The van der Waals surface area contributed by atoms with Crippen molar-refractivity contribution in [2.45, 2.75) is 19.4 Å². The Kier molecular flexibility index (Phi) is 4.71. The van der Waals surface area contributed by atoms with Crippen LogP contribution in [0.4, 0.5) is 5.69 Å². The summed E-state index contributed by atoms with van der Waals surface area (Å²) in [7, 11) is 1.62. The van der Waals surface area contributed by atoms with Gasteiger partial charge in [-0.15, -0.1) is 12.4 Å². The molecular weight excluding hydrogens is 230 g/mol. The maximum atomic E-state index is 11.5. The molecule has 0 bridgehead atoms. The molecule has 1 rings (SSSR count). The number of nitrogens with zero attached hydrogens (tertiary/aromatic N) is 1. The van der Waals surface area contributed by atoms with E-state index in [1.807, 2.05) is 0 Å². The summed E-state index contributed by atoms with van der Waals surface area (Å²) in [4.78, 5) is 23.1. The van der Waals surface area contributed by atoms with Crippen LogP contribution in [0.3, 0.4) is 0 Å². The van der Waals surface area contributed by atoms with Gasteiger partial charge in [0.2, 0.25) is 5.91 Å². The van der Waals surface area contributed by atoms with Crippen LogP contribution in [-0.2, 0) is 11.8 Å². The van der Waals surface area contributed by atoms with Crippen molar-refractivity contribution in [1.82, 2.24) is 4.57 Å². The number of nitrogens with two attached hydrogens (primary N) is 1. The van der Waals surface area contributed by atoms with E-state index in [0.717, 1.165) is 0 Å². The van der Waals surface area contributed by atoms with E-state index in [0.29, 0.717) is 0 Å². The first-order valence-electron chi connectivity index (χ1n) is 4.58. The minimum absolute atomic E-state index is 0. The third kappa shape index (κ3) is 3.36. The number of pyridine rings is 1. The molecule has 1 amide bonds. The van der Waals surface area contributed by atoms with E-state index >= 15 is 0 Å². The Labute approximate surface area is 100 Å². The first kappa shape index (κ1) is 14.7.